The number of halogens is 2. The zero-order chi connectivity index (χ0) is 17.3. The highest BCUT2D eigenvalue weighted by molar-refractivity contribution is 7.21. The monoisotopic (exact) mass is 376 g/mol. The Hall–Kier alpha value is -1.88. The number of hydrogen-bond donors (Lipinski definition) is 1. The first-order valence-corrected chi connectivity index (χ1v) is 8.82. The molecule has 0 saturated carbocycles. The zero-order valence-corrected chi connectivity index (χ0v) is 15.4. The summed E-state index contributed by atoms with van der Waals surface area (Å²) in [6.45, 7) is 3.83. The van der Waals surface area contributed by atoms with Crippen molar-refractivity contribution in [1.82, 2.24) is 5.43 Å². The molecule has 0 spiro atoms. The van der Waals surface area contributed by atoms with E-state index in [4.69, 9.17) is 23.2 Å². The summed E-state index contributed by atoms with van der Waals surface area (Å²) >= 11 is 13.6. The first kappa shape index (κ1) is 17.0. The van der Waals surface area contributed by atoms with Crippen molar-refractivity contribution in [1.29, 1.82) is 0 Å². The average molecular weight is 377 g/mol. The van der Waals surface area contributed by atoms with Crippen molar-refractivity contribution < 1.29 is 4.79 Å². The summed E-state index contributed by atoms with van der Waals surface area (Å²) in [7, 11) is 0. The number of amides is 1. The van der Waals surface area contributed by atoms with Crippen LogP contribution >= 0.6 is 34.5 Å². The molecule has 24 heavy (non-hydrogen) atoms. The summed E-state index contributed by atoms with van der Waals surface area (Å²) in [5, 5.41) is 6.16. The summed E-state index contributed by atoms with van der Waals surface area (Å²) in [6, 6.07) is 13.2. The molecule has 3 rings (SSSR count). The minimum absolute atomic E-state index is 0.313. The SMILES string of the molecule is C/C(=N\NC(=O)c1sc2cc(C)ccc2c1Cl)c1ccc(Cl)cc1. The van der Waals surface area contributed by atoms with Gasteiger partial charge in [-0.3, -0.25) is 4.79 Å². The molecule has 0 fully saturated rings. The Morgan fingerprint density at radius 2 is 1.83 bits per heavy atom. The van der Waals surface area contributed by atoms with E-state index in [-0.39, 0.29) is 5.91 Å². The van der Waals surface area contributed by atoms with Crippen molar-refractivity contribution >= 4 is 56.2 Å². The fourth-order valence-corrected chi connectivity index (χ4v) is 3.89. The number of carbonyl (C=O) groups is 1. The van der Waals surface area contributed by atoms with Crippen LogP contribution in [-0.4, -0.2) is 11.6 Å². The molecule has 0 bridgehead atoms. The molecular formula is C18H14Cl2N2OS. The second kappa shape index (κ2) is 6.93. The summed E-state index contributed by atoms with van der Waals surface area (Å²) in [5.41, 5.74) is 5.27. The van der Waals surface area contributed by atoms with E-state index in [2.05, 4.69) is 10.5 Å². The van der Waals surface area contributed by atoms with Crippen molar-refractivity contribution in [2.75, 3.05) is 0 Å². The molecule has 3 aromatic rings. The summed E-state index contributed by atoms with van der Waals surface area (Å²) in [5.74, 6) is -0.313. The maximum Gasteiger partial charge on any atom is 0.283 e. The summed E-state index contributed by atoms with van der Waals surface area (Å²) < 4.78 is 0.989. The van der Waals surface area contributed by atoms with Gasteiger partial charge in [-0.2, -0.15) is 5.10 Å². The van der Waals surface area contributed by atoms with Crippen molar-refractivity contribution in [3.8, 4) is 0 Å². The number of hydrogen-bond acceptors (Lipinski definition) is 3. The van der Waals surface area contributed by atoms with E-state index in [1.165, 1.54) is 11.3 Å². The molecule has 0 aliphatic rings. The number of aryl methyl sites for hydroxylation is 1. The Labute approximate surface area is 153 Å². The molecule has 0 aliphatic heterocycles. The van der Waals surface area contributed by atoms with Gasteiger partial charge < -0.3 is 0 Å². The highest BCUT2D eigenvalue weighted by Crippen LogP contribution is 2.35. The Bertz CT molecular complexity index is 946. The number of fused-ring (bicyclic) bond motifs is 1. The van der Waals surface area contributed by atoms with Crippen LogP contribution < -0.4 is 5.43 Å². The van der Waals surface area contributed by atoms with Gasteiger partial charge in [-0.15, -0.1) is 11.3 Å². The lowest BCUT2D eigenvalue weighted by atomic mass is 10.1. The highest BCUT2D eigenvalue weighted by atomic mass is 35.5. The average Bonchev–Trinajstić information content (AvgIpc) is 2.89. The number of hydrazone groups is 1. The van der Waals surface area contributed by atoms with Crippen molar-refractivity contribution in [3.63, 3.8) is 0 Å². The number of thiophene rings is 1. The lowest BCUT2D eigenvalue weighted by molar-refractivity contribution is 0.0959. The minimum atomic E-state index is -0.313. The molecular weight excluding hydrogens is 363 g/mol. The fraction of sp³-hybridized carbons (Fsp3) is 0.111. The Morgan fingerprint density at radius 3 is 2.54 bits per heavy atom. The fourth-order valence-electron chi connectivity index (χ4n) is 2.26. The molecule has 3 nitrogen and oxygen atoms in total. The highest BCUT2D eigenvalue weighted by Gasteiger charge is 2.17. The van der Waals surface area contributed by atoms with E-state index < -0.39 is 0 Å². The molecule has 1 amide bonds. The third kappa shape index (κ3) is 3.46. The maximum atomic E-state index is 12.4. The predicted octanol–water partition coefficient (Wildman–Crippen LogP) is 5.67. The van der Waals surface area contributed by atoms with E-state index in [1.807, 2.05) is 44.2 Å². The van der Waals surface area contributed by atoms with Gasteiger partial charge in [0.2, 0.25) is 0 Å². The first-order chi connectivity index (χ1) is 11.5. The molecule has 0 atom stereocenters. The minimum Gasteiger partial charge on any atom is -0.266 e. The molecule has 0 radical (unpaired) electrons. The van der Waals surface area contributed by atoms with Gasteiger partial charge in [0.15, 0.2) is 0 Å². The van der Waals surface area contributed by atoms with E-state index in [9.17, 15) is 4.79 Å². The Morgan fingerprint density at radius 1 is 1.12 bits per heavy atom. The van der Waals surface area contributed by atoms with Gasteiger partial charge in [0.25, 0.3) is 5.91 Å². The van der Waals surface area contributed by atoms with Crippen molar-refractivity contribution in [3.05, 3.63) is 68.5 Å². The smallest absolute Gasteiger partial charge is 0.266 e. The molecule has 1 heterocycles. The van der Waals surface area contributed by atoms with Gasteiger partial charge in [-0.25, -0.2) is 5.43 Å². The second-order valence-corrected chi connectivity index (χ2v) is 7.26. The standard InChI is InChI=1S/C18H14Cl2N2OS/c1-10-3-8-14-15(9-10)24-17(16(14)20)18(23)22-21-11(2)12-4-6-13(19)7-5-12/h3-9H,1-2H3,(H,22,23)/b21-11+. The van der Waals surface area contributed by atoms with E-state index in [0.29, 0.717) is 20.6 Å². The third-order valence-corrected chi connectivity index (χ3v) is 5.49. The maximum absolute atomic E-state index is 12.4. The van der Waals surface area contributed by atoms with Crippen LogP contribution in [0.2, 0.25) is 10.0 Å². The lowest BCUT2D eigenvalue weighted by Crippen LogP contribution is -2.18. The zero-order valence-electron chi connectivity index (χ0n) is 13.1. The first-order valence-electron chi connectivity index (χ1n) is 7.25. The second-order valence-electron chi connectivity index (χ2n) is 5.39. The number of benzene rings is 2. The van der Waals surface area contributed by atoms with Crippen LogP contribution in [0.4, 0.5) is 0 Å². The van der Waals surface area contributed by atoms with Crippen LogP contribution in [-0.2, 0) is 0 Å². The van der Waals surface area contributed by atoms with Crippen molar-refractivity contribution in [2.24, 2.45) is 5.10 Å². The lowest BCUT2D eigenvalue weighted by Gasteiger charge is -2.02. The molecule has 2 aromatic carbocycles. The largest absolute Gasteiger partial charge is 0.283 e. The topological polar surface area (TPSA) is 41.5 Å². The summed E-state index contributed by atoms with van der Waals surface area (Å²) in [6.07, 6.45) is 0. The van der Waals surface area contributed by atoms with Crippen LogP contribution in [0.5, 0.6) is 0 Å². The van der Waals surface area contributed by atoms with Gasteiger partial charge in [-0.1, -0.05) is 47.5 Å². The van der Waals surface area contributed by atoms with Crippen molar-refractivity contribution in [2.45, 2.75) is 13.8 Å². The number of rotatable bonds is 3. The van der Waals surface area contributed by atoms with Crippen LogP contribution in [0.1, 0.15) is 27.7 Å². The molecule has 6 heteroatoms. The Kier molecular flexibility index (Phi) is 4.90. The predicted molar refractivity (Wildman–Crippen MR) is 103 cm³/mol. The van der Waals surface area contributed by atoms with E-state index in [1.54, 1.807) is 12.1 Å². The van der Waals surface area contributed by atoms with Crippen LogP contribution in [0.15, 0.2) is 47.6 Å². The Balaban J connectivity index is 1.83. The van der Waals surface area contributed by atoms with Crippen LogP contribution in [0, 0.1) is 6.92 Å². The van der Waals surface area contributed by atoms with Gasteiger partial charge >= 0.3 is 0 Å². The number of nitrogens with one attached hydrogen (secondary N) is 1. The molecule has 0 unspecified atom stereocenters. The molecule has 0 aliphatic carbocycles. The normalized spacial score (nSPS) is 11.8. The van der Waals surface area contributed by atoms with Gasteiger partial charge in [0, 0.05) is 15.1 Å². The van der Waals surface area contributed by atoms with Gasteiger partial charge in [-0.05, 0) is 43.2 Å². The molecule has 1 N–H and O–H groups in total. The third-order valence-electron chi connectivity index (χ3n) is 3.58. The van der Waals surface area contributed by atoms with E-state index >= 15 is 0 Å². The quantitative estimate of drug-likeness (QED) is 0.464. The number of nitrogens with zero attached hydrogens (tertiary/aromatic N) is 1. The van der Waals surface area contributed by atoms with Crippen LogP contribution in [0.3, 0.4) is 0 Å². The van der Waals surface area contributed by atoms with Gasteiger partial charge in [0.05, 0.1) is 10.7 Å². The molecule has 122 valence electrons. The van der Waals surface area contributed by atoms with E-state index in [0.717, 1.165) is 21.2 Å². The van der Waals surface area contributed by atoms with Crippen LogP contribution in [0.25, 0.3) is 10.1 Å². The summed E-state index contributed by atoms with van der Waals surface area (Å²) in [4.78, 5) is 12.9. The number of carbonyl (C=O) groups excluding carboxylic acids is 1. The molecule has 1 aromatic heterocycles. The molecule has 0 saturated heterocycles. The van der Waals surface area contributed by atoms with Gasteiger partial charge in [0.1, 0.15) is 4.88 Å².